The van der Waals surface area contributed by atoms with Crippen molar-refractivity contribution in [1.82, 2.24) is 9.55 Å². The van der Waals surface area contributed by atoms with E-state index < -0.39 is 7.37 Å². The molecule has 1 N–H and O–H groups in total. The maximum Gasteiger partial charge on any atom is 0.293 e. The Bertz CT molecular complexity index is 846. The predicted octanol–water partition coefficient (Wildman–Crippen LogP) is 2.06. The second kappa shape index (κ2) is 6.95. The van der Waals surface area contributed by atoms with Crippen molar-refractivity contribution in [3.63, 3.8) is 0 Å². The molecule has 0 aliphatic rings. The van der Waals surface area contributed by atoms with E-state index in [9.17, 15) is 9.46 Å². The van der Waals surface area contributed by atoms with Crippen molar-refractivity contribution in [2.24, 2.45) is 0 Å². The third kappa shape index (κ3) is 2.98. The van der Waals surface area contributed by atoms with Gasteiger partial charge in [0, 0.05) is 41.4 Å². The van der Waals surface area contributed by atoms with E-state index in [1.165, 1.54) is 0 Å². The van der Waals surface area contributed by atoms with Crippen LogP contribution in [0.2, 0.25) is 0 Å². The van der Waals surface area contributed by atoms with Crippen LogP contribution in [-0.4, -0.2) is 44.0 Å². The predicted molar refractivity (Wildman–Crippen MR) is 91.2 cm³/mol. The van der Waals surface area contributed by atoms with E-state index in [1.54, 1.807) is 34.9 Å². The fourth-order valence-electron chi connectivity index (χ4n) is 2.35. The third-order valence-corrected chi connectivity index (χ3v) is 5.21. The molecule has 1 radical (unpaired) electrons. The second-order valence-corrected chi connectivity index (χ2v) is 6.78. The first kappa shape index (κ1) is 17.2. The fourth-order valence-corrected chi connectivity index (χ4v) is 3.92. The molecule has 0 bridgehead atoms. The Hall–Kier alpha value is -1.16. The summed E-state index contributed by atoms with van der Waals surface area (Å²) in [6, 6.07) is 16.1. The van der Waals surface area contributed by atoms with Gasteiger partial charge in [0.25, 0.3) is 7.37 Å². The number of benzene rings is 2. The number of fused-ring (bicyclic) bond motifs is 1. The van der Waals surface area contributed by atoms with Crippen LogP contribution in [0.15, 0.2) is 67.3 Å². The maximum atomic E-state index is 12.9. The Morgan fingerprint density at radius 2 is 1.77 bits per heavy atom. The quantitative estimate of drug-likeness (QED) is 0.455. The molecule has 3 aromatic rings. The molecule has 0 aliphatic heterocycles. The van der Waals surface area contributed by atoms with Gasteiger partial charge in [-0.15, -0.1) is 6.58 Å². The minimum Gasteiger partial charge on any atom is -0.336 e. The molecule has 3 rings (SSSR count). The first-order chi connectivity index (χ1) is 10.1. The molecule has 1 aromatic heterocycles. The van der Waals surface area contributed by atoms with Crippen molar-refractivity contribution in [2.45, 2.75) is 6.54 Å². The zero-order valence-corrected chi connectivity index (χ0v) is 15.3. The molecule has 0 amide bonds. The second-order valence-electron chi connectivity index (χ2n) is 4.71. The molecule has 22 heavy (non-hydrogen) atoms. The summed E-state index contributed by atoms with van der Waals surface area (Å²) in [7, 11) is -3.73. The van der Waals surface area contributed by atoms with Crippen molar-refractivity contribution in [1.29, 1.82) is 0 Å². The van der Waals surface area contributed by atoms with Crippen LogP contribution in [0.25, 0.3) is 11.0 Å². The van der Waals surface area contributed by atoms with E-state index in [4.69, 9.17) is 0 Å². The fraction of sp³-hybridized carbons (Fsp3) is 0.0625. The van der Waals surface area contributed by atoms with Crippen molar-refractivity contribution in [2.75, 3.05) is 0 Å². The summed E-state index contributed by atoms with van der Waals surface area (Å²) in [5.41, 5.74) is 1.73. The van der Waals surface area contributed by atoms with Crippen LogP contribution in [0.5, 0.6) is 0 Å². The molecule has 1 atom stereocenters. The Kier molecular flexibility index (Phi) is 5.43. The van der Waals surface area contributed by atoms with E-state index in [0.29, 0.717) is 17.4 Å². The molecule has 1 unspecified atom stereocenters. The van der Waals surface area contributed by atoms with Gasteiger partial charge in [0.2, 0.25) is 5.57 Å². The van der Waals surface area contributed by atoms with E-state index in [1.807, 2.05) is 30.3 Å². The summed E-state index contributed by atoms with van der Waals surface area (Å²) in [6.45, 7) is 4.16. The van der Waals surface area contributed by atoms with E-state index in [0.717, 1.165) is 5.52 Å². The molecule has 0 aliphatic carbocycles. The zero-order chi connectivity index (χ0) is 14.9. The van der Waals surface area contributed by atoms with Crippen LogP contribution in [0.3, 0.4) is 0 Å². The Labute approximate surface area is 151 Å². The van der Waals surface area contributed by atoms with Crippen LogP contribution < -0.4 is 10.9 Å². The summed E-state index contributed by atoms with van der Waals surface area (Å²) < 4.78 is 14.7. The normalized spacial score (nSPS) is 13.3. The Morgan fingerprint density at radius 3 is 2.45 bits per heavy atom. The summed E-state index contributed by atoms with van der Waals surface area (Å²) >= 11 is 0. The van der Waals surface area contributed by atoms with E-state index in [-0.39, 0.29) is 35.1 Å². The summed E-state index contributed by atoms with van der Waals surface area (Å²) in [4.78, 5) is 15.0. The van der Waals surface area contributed by atoms with Gasteiger partial charge in [-0.05, 0) is 24.3 Å². The number of aromatic nitrogens is 2. The van der Waals surface area contributed by atoms with Gasteiger partial charge in [-0.3, -0.25) is 4.57 Å². The molecule has 2 aromatic carbocycles. The third-order valence-electron chi connectivity index (χ3n) is 3.32. The monoisotopic (exact) mass is 321 g/mol. The number of imidazole rings is 1. The van der Waals surface area contributed by atoms with Gasteiger partial charge in [-0.1, -0.05) is 36.4 Å². The molecule has 0 fully saturated rings. The SMILES string of the molecule is C=CCn1c(P(=O)(O)c2ccccc2)nc2ccccc21.[Na]. The number of hydrogen-bond donors (Lipinski definition) is 1. The number of nitrogens with zero attached hydrogens (tertiary/aromatic N) is 2. The summed E-state index contributed by atoms with van der Waals surface area (Å²) in [6.07, 6.45) is 1.70. The smallest absolute Gasteiger partial charge is 0.293 e. The topological polar surface area (TPSA) is 55.1 Å². The van der Waals surface area contributed by atoms with E-state index in [2.05, 4.69) is 11.6 Å². The summed E-state index contributed by atoms with van der Waals surface area (Å²) in [5.74, 6) is 0. The molecule has 1 heterocycles. The summed E-state index contributed by atoms with van der Waals surface area (Å²) in [5, 5.41) is 0.380. The minimum absolute atomic E-state index is 0. The van der Waals surface area contributed by atoms with Crippen LogP contribution in [0, 0.1) is 0 Å². The molecular formula is C16H15N2NaO2P. The average molecular weight is 321 g/mol. The molecule has 4 nitrogen and oxygen atoms in total. The van der Waals surface area contributed by atoms with Crippen molar-refractivity contribution in [3.05, 3.63) is 67.3 Å². The first-order valence-corrected chi connectivity index (χ1v) is 8.25. The standard InChI is InChI=1S/C16H15N2O2P.Na/c1-2-12-18-15-11-7-6-10-14(15)17-16(18)21(19,20)13-8-4-3-5-9-13;/h2-11H,1,12H2,(H,19,20);. The van der Waals surface area contributed by atoms with E-state index >= 15 is 0 Å². The van der Waals surface area contributed by atoms with Gasteiger partial charge in [0.15, 0.2) is 0 Å². The molecule has 6 heteroatoms. The van der Waals surface area contributed by atoms with Gasteiger partial charge in [-0.2, -0.15) is 0 Å². The Balaban J connectivity index is 0.00000176. The Morgan fingerprint density at radius 1 is 1.14 bits per heavy atom. The zero-order valence-electron chi connectivity index (χ0n) is 12.4. The molecule has 0 spiro atoms. The van der Waals surface area contributed by atoms with Crippen molar-refractivity contribution < 1.29 is 9.46 Å². The number of rotatable bonds is 4. The molecule has 107 valence electrons. The van der Waals surface area contributed by atoms with Gasteiger partial charge in [0.05, 0.1) is 11.0 Å². The minimum atomic E-state index is -3.73. The van der Waals surface area contributed by atoms with Crippen LogP contribution in [0.4, 0.5) is 0 Å². The van der Waals surface area contributed by atoms with Crippen LogP contribution in [0.1, 0.15) is 0 Å². The molecular weight excluding hydrogens is 306 g/mol. The van der Waals surface area contributed by atoms with Crippen LogP contribution in [-0.2, 0) is 11.1 Å². The number of hydrogen-bond acceptors (Lipinski definition) is 2. The van der Waals surface area contributed by atoms with Crippen LogP contribution >= 0.6 is 7.37 Å². The first-order valence-electron chi connectivity index (χ1n) is 6.59. The van der Waals surface area contributed by atoms with Gasteiger partial charge in [0.1, 0.15) is 0 Å². The largest absolute Gasteiger partial charge is 0.336 e. The molecule has 0 saturated carbocycles. The van der Waals surface area contributed by atoms with Crippen molar-refractivity contribution in [3.8, 4) is 0 Å². The number of allylic oxidation sites excluding steroid dienone is 1. The molecule has 0 saturated heterocycles. The van der Waals surface area contributed by atoms with Crippen molar-refractivity contribution >= 4 is 58.8 Å². The average Bonchev–Trinajstić information content (AvgIpc) is 2.88. The number of para-hydroxylation sites is 2. The van der Waals surface area contributed by atoms with Gasteiger partial charge in [-0.25, -0.2) is 4.98 Å². The maximum absolute atomic E-state index is 12.9. The van der Waals surface area contributed by atoms with Gasteiger partial charge < -0.3 is 9.46 Å². The van der Waals surface area contributed by atoms with Gasteiger partial charge >= 0.3 is 0 Å².